The Morgan fingerprint density at radius 1 is 0.971 bits per heavy atom. The van der Waals surface area contributed by atoms with Crippen molar-refractivity contribution in [2.24, 2.45) is 0 Å². The van der Waals surface area contributed by atoms with E-state index in [1.807, 2.05) is 25.1 Å². The Kier molecular flexibility index (Phi) is 5.68. The number of hydrogen-bond acceptors (Lipinski definition) is 5. The molecule has 2 N–H and O–H groups in total. The minimum atomic E-state index is 0. The zero-order valence-corrected chi connectivity index (χ0v) is 19.6. The third-order valence-electron chi connectivity index (χ3n) is 6.59. The highest BCUT2D eigenvalue weighted by Gasteiger charge is 2.22. The third-order valence-corrected chi connectivity index (χ3v) is 6.59. The van der Waals surface area contributed by atoms with Crippen LogP contribution in [0, 0.1) is 18.3 Å². The zero-order chi connectivity index (χ0) is 22.4. The Balaban J connectivity index is 0.00000241. The SMILES string of the molecule is Cc1[nH]nc2nc(-c3ccc4[nH]ncc4c3)c(C#N)c(-c3ccc(N4CCCCC4)cc3)c12.Cl. The molecule has 1 fully saturated rings. The molecule has 0 saturated carbocycles. The Morgan fingerprint density at radius 2 is 1.74 bits per heavy atom. The maximum Gasteiger partial charge on any atom is 0.182 e. The van der Waals surface area contributed by atoms with Crippen molar-refractivity contribution in [2.75, 3.05) is 18.0 Å². The average Bonchev–Trinajstić information content (AvgIpc) is 3.49. The largest absolute Gasteiger partial charge is 0.372 e. The number of hydrogen-bond donors (Lipinski definition) is 2. The summed E-state index contributed by atoms with van der Waals surface area (Å²) in [6.07, 6.45) is 5.57. The third kappa shape index (κ3) is 3.57. The number of nitriles is 1. The zero-order valence-electron chi connectivity index (χ0n) is 18.8. The van der Waals surface area contributed by atoms with Gasteiger partial charge in [0, 0.05) is 41.0 Å². The van der Waals surface area contributed by atoms with Gasteiger partial charge in [0.2, 0.25) is 0 Å². The second-order valence-electron chi connectivity index (χ2n) is 8.64. The fourth-order valence-corrected chi connectivity index (χ4v) is 4.89. The molecule has 170 valence electrons. The van der Waals surface area contributed by atoms with Crippen LogP contribution in [0.4, 0.5) is 5.69 Å². The minimum absolute atomic E-state index is 0. The van der Waals surface area contributed by atoms with Gasteiger partial charge in [-0.05, 0) is 56.0 Å². The number of rotatable bonds is 3. The van der Waals surface area contributed by atoms with Gasteiger partial charge in [0.1, 0.15) is 6.07 Å². The van der Waals surface area contributed by atoms with Gasteiger partial charge in [-0.15, -0.1) is 12.4 Å². The maximum absolute atomic E-state index is 10.3. The molecule has 7 nitrogen and oxygen atoms in total. The van der Waals surface area contributed by atoms with Crippen LogP contribution in [0.25, 0.3) is 44.3 Å². The molecular weight excluding hydrogens is 446 g/mol. The van der Waals surface area contributed by atoms with E-state index in [-0.39, 0.29) is 12.4 Å². The first-order chi connectivity index (χ1) is 16.2. The van der Waals surface area contributed by atoms with Crippen molar-refractivity contribution in [2.45, 2.75) is 26.2 Å². The lowest BCUT2D eigenvalue weighted by atomic mass is 9.93. The van der Waals surface area contributed by atoms with Gasteiger partial charge in [-0.1, -0.05) is 18.2 Å². The fraction of sp³-hybridized carbons (Fsp3) is 0.231. The van der Waals surface area contributed by atoms with Crippen LogP contribution in [0.2, 0.25) is 0 Å². The highest BCUT2D eigenvalue weighted by molar-refractivity contribution is 6.01. The van der Waals surface area contributed by atoms with E-state index in [2.05, 4.69) is 55.6 Å². The van der Waals surface area contributed by atoms with E-state index in [1.54, 1.807) is 6.20 Å². The van der Waals surface area contributed by atoms with Crippen molar-refractivity contribution in [3.63, 3.8) is 0 Å². The molecule has 1 aliphatic heterocycles. The quantitative estimate of drug-likeness (QED) is 0.350. The van der Waals surface area contributed by atoms with Crippen molar-refractivity contribution >= 4 is 40.0 Å². The van der Waals surface area contributed by atoms with Crippen molar-refractivity contribution in [1.82, 2.24) is 25.4 Å². The molecule has 5 aromatic rings. The average molecular weight is 470 g/mol. The lowest BCUT2D eigenvalue weighted by Crippen LogP contribution is -2.29. The first-order valence-electron chi connectivity index (χ1n) is 11.3. The molecule has 0 spiro atoms. The summed E-state index contributed by atoms with van der Waals surface area (Å²) in [4.78, 5) is 7.24. The summed E-state index contributed by atoms with van der Waals surface area (Å²) in [5, 5.41) is 26.7. The second-order valence-corrected chi connectivity index (χ2v) is 8.64. The Bertz CT molecular complexity index is 1520. The van der Waals surface area contributed by atoms with E-state index < -0.39 is 0 Å². The van der Waals surface area contributed by atoms with Gasteiger partial charge in [-0.25, -0.2) is 4.98 Å². The van der Waals surface area contributed by atoms with Crippen molar-refractivity contribution < 1.29 is 0 Å². The number of halogens is 1. The van der Waals surface area contributed by atoms with Gasteiger partial charge in [0.15, 0.2) is 5.65 Å². The van der Waals surface area contributed by atoms with E-state index in [0.717, 1.165) is 51.8 Å². The van der Waals surface area contributed by atoms with Gasteiger partial charge in [0.05, 0.1) is 28.4 Å². The number of benzene rings is 2. The van der Waals surface area contributed by atoms with E-state index in [9.17, 15) is 5.26 Å². The van der Waals surface area contributed by atoms with Crippen LogP contribution < -0.4 is 4.90 Å². The van der Waals surface area contributed by atoms with Crippen molar-refractivity contribution in [3.05, 3.63) is 59.9 Å². The number of anilines is 1. The van der Waals surface area contributed by atoms with Gasteiger partial charge in [-0.2, -0.15) is 15.5 Å². The molecule has 0 unspecified atom stereocenters. The van der Waals surface area contributed by atoms with Gasteiger partial charge < -0.3 is 4.90 Å². The molecule has 0 aliphatic carbocycles. The van der Waals surface area contributed by atoms with Crippen LogP contribution in [0.5, 0.6) is 0 Å². The standard InChI is InChI=1S/C26H23N7.ClH/c1-16-23-24(17-5-8-20(9-6-17)33-11-3-2-4-12-33)21(14-27)25(29-26(23)32-30-16)18-7-10-22-19(13-18)15-28-31-22;/h5-10,13,15H,2-4,11-12H2,1H3,(H,28,31)(H,29,30,32);1H. The summed E-state index contributed by atoms with van der Waals surface area (Å²) < 4.78 is 0. The van der Waals surface area contributed by atoms with Crippen LogP contribution in [-0.2, 0) is 0 Å². The van der Waals surface area contributed by atoms with Crippen LogP contribution in [0.15, 0.2) is 48.7 Å². The molecule has 3 aromatic heterocycles. The second kappa shape index (κ2) is 8.81. The summed E-state index contributed by atoms with van der Waals surface area (Å²) in [7, 11) is 0. The molecular formula is C26H24ClN7. The van der Waals surface area contributed by atoms with E-state index in [0.29, 0.717) is 16.9 Å². The molecule has 8 heteroatoms. The first-order valence-corrected chi connectivity index (χ1v) is 11.3. The van der Waals surface area contributed by atoms with Crippen molar-refractivity contribution in [1.29, 1.82) is 5.26 Å². The molecule has 0 radical (unpaired) electrons. The van der Waals surface area contributed by atoms with Crippen LogP contribution in [0.1, 0.15) is 30.5 Å². The molecule has 34 heavy (non-hydrogen) atoms. The van der Waals surface area contributed by atoms with Gasteiger partial charge in [-0.3, -0.25) is 10.2 Å². The van der Waals surface area contributed by atoms with Crippen LogP contribution in [-0.4, -0.2) is 38.5 Å². The molecule has 0 atom stereocenters. The Hall–Kier alpha value is -3.89. The molecule has 1 aliphatic rings. The number of aryl methyl sites for hydroxylation is 1. The topological polar surface area (TPSA) is 97.3 Å². The predicted octanol–water partition coefficient (Wildman–Crippen LogP) is 5.76. The molecule has 0 amide bonds. The Labute approximate surface area is 203 Å². The first kappa shape index (κ1) is 21.9. The maximum atomic E-state index is 10.3. The number of fused-ring (bicyclic) bond motifs is 2. The number of aromatic amines is 2. The van der Waals surface area contributed by atoms with Crippen LogP contribution in [0.3, 0.4) is 0 Å². The number of pyridine rings is 1. The predicted molar refractivity (Wildman–Crippen MR) is 137 cm³/mol. The molecule has 2 aromatic carbocycles. The highest BCUT2D eigenvalue weighted by Crippen LogP contribution is 2.38. The minimum Gasteiger partial charge on any atom is -0.372 e. The monoisotopic (exact) mass is 469 g/mol. The van der Waals surface area contributed by atoms with E-state index in [1.165, 1.54) is 24.9 Å². The number of piperidine rings is 1. The molecule has 0 bridgehead atoms. The van der Waals surface area contributed by atoms with Gasteiger partial charge in [0.25, 0.3) is 0 Å². The summed E-state index contributed by atoms with van der Waals surface area (Å²) in [6, 6.07) is 17.0. The summed E-state index contributed by atoms with van der Waals surface area (Å²) in [5.74, 6) is 0. The number of H-pyrrole nitrogens is 2. The summed E-state index contributed by atoms with van der Waals surface area (Å²) >= 11 is 0. The molecule has 6 rings (SSSR count). The highest BCUT2D eigenvalue weighted by atomic mass is 35.5. The van der Waals surface area contributed by atoms with E-state index >= 15 is 0 Å². The number of aromatic nitrogens is 5. The van der Waals surface area contributed by atoms with Crippen LogP contribution >= 0.6 is 12.4 Å². The normalized spacial score (nSPS) is 13.7. The number of nitrogens with zero attached hydrogens (tertiary/aromatic N) is 5. The van der Waals surface area contributed by atoms with Crippen molar-refractivity contribution in [3.8, 4) is 28.5 Å². The number of nitrogens with one attached hydrogen (secondary N) is 2. The fourth-order valence-electron chi connectivity index (χ4n) is 4.89. The summed E-state index contributed by atoms with van der Waals surface area (Å²) in [6.45, 7) is 4.18. The lowest BCUT2D eigenvalue weighted by molar-refractivity contribution is 0.578. The van der Waals surface area contributed by atoms with Gasteiger partial charge >= 0.3 is 0 Å². The smallest absolute Gasteiger partial charge is 0.182 e. The lowest BCUT2D eigenvalue weighted by Gasteiger charge is -2.29. The molecule has 1 saturated heterocycles. The van der Waals surface area contributed by atoms with E-state index in [4.69, 9.17) is 4.98 Å². The molecule has 4 heterocycles. The summed E-state index contributed by atoms with van der Waals surface area (Å²) in [5.41, 5.74) is 7.63. The Morgan fingerprint density at radius 3 is 2.50 bits per heavy atom.